The van der Waals surface area contributed by atoms with Crippen molar-refractivity contribution in [2.24, 2.45) is 0 Å². The normalized spacial score (nSPS) is 13.9. The number of carbonyl (C=O) groups is 2. The molecular weight excluding hydrogens is 432 g/mol. The average Bonchev–Trinajstić information content (AvgIpc) is 3.03. The molecule has 5 heteroatoms. The molecule has 0 aliphatic carbocycles. The van der Waals surface area contributed by atoms with Crippen molar-refractivity contribution in [3.63, 3.8) is 0 Å². The predicted octanol–water partition coefficient (Wildman–Crippen LogP) is 5.52. The van der Waals surface area contributed by atoms with Crippen LogP contribution in [0.1, 0.15) is 27.0 Å². The molecule has 0 unspecified atom stereocenters. The van der Waals surface area contributed by atoms with Crippen molar-refractivity contribution in [3.05, 3.63) is 99.2 Å². The van der Waals surface area contributed by atoms with E-state index in [2.05, 4.69) is 15.9 Å². The first-order chi connectivity index (χ1) is 14.0. The zero-order valence-electron chi connectivity index (χ0n) is 15.6. The Kier molecular flexibility index (Phi) is 5.32. The number of carbonyl (C=O) groups excluding carboxylic acids is 2. The van der Waals surface area contributed by atoms with Crippen LogP contribution in [-0.2, 0) is 11.2 Å². The second-order valence-electron chi connectivity index (χ2n) is 6.66. The van der Waals surface area contributed by atoms with Crippen LogP contribution in [0.25, 0.3) is 6.08 Å². The van der Waals surface area contributed by atoms with Gasteiger partial charge in [0.15, 0.2) is 5.76 Å². The van der Waals surface area contributed by atoms with Crippen LogP contribution in [0.15, 0.2) is 77.0 Å². The topological polar surface area (TPSA) is 52.6 Å². The molecular formula is C24H17BrO4. The van der Waals surface area contributed by atoms with Crippen molar-refractivity contribution >= 4 is 33.8 Å². The number of hydrogen-bond acceptors (Lipinski definition) is 4. The van der Waals surface area contributed by atoms with Gasteiger partial charge < -0.3 is 9.47 Å². The van der Waals surface area contributed by atoms with Gasteiger partial charge in [0.2, 0.25) is 5.78 Å². The minimum Gasteiger partial charge on any atom is -0.452 e. The summed E-state index contributed by atoms with van der Waals surface area (Å²) in [6, 6.07) is 20.2. The molecule has 0 amide bonds. The molecule has 0 N–H and O–H groups in total. The molecule has 4 nitrogen and oxygen atoms in total. The summed E-state index contributed by atoms with van der Waals surface area (Å²) in [5.74, 6) is 0.495. The Labute approximate surface area is 176 Å². The van der Waals surface area contributed by atoms with E-state index >= 15 is 0 Å². The number of rotatable bonds is 4. The molecule has 0 aromatic heterocycles. The van der Waals surface area contributed by atoms with Gasteiger partial charge >= 0.3 is 5.97 Å². The molecule has 3 aromatic rings. The van der Waals surface area contributed by atoms with Crippen LogP contribution in [0.4, 0.5) is 0 Å². The lowest BCUT2D eigenvalue weighted by Gasteiger charge is -2.10. The summed E-state index contributed by atoms with van der Waals surface area (Å²) >= 11 is 3.47. The van der Waals surface area contributed by atoms with Crippen molar-refractivity contribution in [2.45, 2.75) is 13.3 Å². The molecule has 0 saturated carbocycles. The Bertz CT molecular complexity index is 1130. The number of esters is 1. The van der Waals surface area contributed by atoms with Gasteiger partial charge in [-0.05, 0) is 42.3 Å². The third-order valence-corrected chi connectivity index (χ3v) is 5.37. The summed E-state index contributed by atoms with van der Waals surface area (Å²) in [4.78, 5) is 25.0. The Morgan fingerprint density at radius 2 is 1.76 bits per heavy atom. The maximum absolute atomic E-state index is 12.7. The number of allylic oxidation sites excluding steroid dienone is 1. The minimum absolute atomic E-state index is 0.171. The summed E-state index contributed by atoms with van der Waals surface area (Å²) < 4.78 is 12.2. The van der Waals surface area contributed by atoms with E-state index in [1.165, 1.54) is 0 Å². The second-order valence-corrected chi connectivity index (χ2v) is 7.52. The standard InChI is InChI=1S/C24H17BrO4/c1-15-20(28-22(26)13-16-7-3-2-4-8-16)12-11-18-23(27)21(29-24(15)18)14-17-9-5-6-10-19(17)25/h2-12,14H,13H2,1H3/b21-14-. The van der Waals surface area contributed by atoms with Crippen molar-refractivity contribution in [3.8, 4) is 11.5 Å². The number of hydrogen-bond donors (Lipinski definition) is 0. The summed E-state index contributed by atoms with van der Waals surface area (Å²) in [7, 11) is 0. The fourth-order valence-electron chi connectivity index (χ4n) is 3.13. The van der Waals surface area contributed by atoms with Gasteiger partial charge in [0.25, 0.3) is 0 Å². The maximum atomic E-state index is 12.7. The molecule has 0 spiro atoms. The van der Waals surface area contributed by atoms with Crippen LogP contribution in [0.3, 0.4) is 0 Å². The summed E-state index contributed by atoms with van der Waals surface area (Å²) in [5, 5.41) is 0. The van der Waals surface area contributed by atoms with Crippen molar-refractivity contribution in [1.82, 2.24) is 0 Å². The molecule has 0 fully saturated rings. The van der Waals surface area contributed by atoms with Crippen molar-refractivity contribution < 1.29 is 19.1 Å². The highest BCUT2D eigenvalue weighted by molar-refractivity contribution is 9.10. The number of halogens is 1. The molecule has 1 aliphatic heterocycles. The maximum Gasteiger partial charge on any atom is 0.315 e. The zero-order chi connectivity index (χ0) is 20.4. The van der Waals surface area contributed by atoms with Crippen LogP contribution in [0.5, 0.6) is 11.5 Å². The molecule has 0 saturated heterocycles. The zero-order valence-corrected chi connectivity index (χ0v) is 17.2. The fourth-order valence-corrected chi connectivity index (χ4v) is 3.53. The Morgan fingerprint density at radius 1 is 1.03 bits per heavy atom. The molecule has 1 heterocycles. The molecule has 0 radical (unpaired) electrons. The van der Waals surface area contributed by atoms with Gasteiger partial charge in [-0.3, -0.25) is 9.59 Å². The number of benzene rings is 3. The Balaban J connectivity index is 1.57. The lowest BCUT2D eigenvalue weighted by molar-refractivity contribution is -0.133. The van der Waals surface area contributed by atoms with Gasteiger partial charge in [-0.2, -0.15) is 0 Å². The number of fused-ring (bicyclic) bond motifs is 1. The molecule has 3 aromatic carbocycles. The predicted molar refractivity (Wildman–Crippen MR) is 114 cm³/mol. The lowest BCUT2D eigenvalue weighted by Crippen LogP contribution is -2.12. The summed E-state index contributed by atoms with van der Waals surface area (Å²) in [6.07, 6.45) is 1.87. The van der Waals surface area contributed by atoms with Gasteiger partial charge in [0.05, 0.1) is 12.0 Å². The number of ether oxygens (including phenoxy) is 2. The SMILES string of the molecule is Cc1c(OC(=O)Cc2ccccc2)ccc2c1O/C(=C\c1ccccc1Br)C2=O. The van der Waals surface area contributed by atoms with E-state index in [-0.39, 0.29) is 23.9 Å². The first-order valence-electron chi connectivity index (χ1n) is 9.10. The van der Waals surface area contributed by atoms with Crippen LogP contribution in [-0.4, -0.2) is 11.8 Å². The van der Waals surface area contributed by atoms with Gasteiger partial charge in [0.1, 0.15) is 11.5 Å². The van der Waals surface area contributed by atoms with E-state index in [1.54, 1.807) is 25.1 Å². The van der Waals surface area contributed by atoms with E-state index < -0.39 is 0 Å². The van der Waals surface area contributed by atoms with E-state index in [0.29, 0.717) is 22.6 Å². The molecule has 0 bridgehead atoms. The Hall–Kier alpha value is -3.18. The third-order valence-electron chi connectivity index (χ3n) is 4.64. The third kappa shape index (κ3) is 4.00. The van der Waals surface area contributed by atoms with Crippen LogP contribution < -0.4 is 9.47 Å². The largest absolute Gasteiger partial charge is 0.452 e. The van der Waals surface area contributed by atoms with E-state index in [4.69, 9.17) is 9.47 Å². The van der Waals surface area contributed by atoms with E-state index in [0.717, 1.165) is 15.6 Å². The monoisotopic (exact) mass is 448 g/mol. The second kappa shape index (κ2) is 8.05. The molecule has 4 rings (SSSR count). The number of ketones is 1. The fraction of sp³-hybridized carbons (Fsp3) is 0.0833. The number of Topliss-reactive ketones (excluding diaryl/α,β-unsaturated/α-hetero) is 1. The van der Waals surface area contributed by atoms with Gasteiger partial charge in [-0.25, -0.2) is 0 Å². The summed E-state index contributed by atoms with van der Waals surface area (Å²) in [5.41, 5.74) is 2.80. The molecule has 144 valence electrons. The van der Waals surface area contributed by atoms with Gasteiger partial charge in [0, 0.05) is 10.0 Å². The van der Waals surface area contributed by atoms with E-state index in [1.807, 2.05) is 54.6 Å². The molecule has 0 atom stereocenters. The first-order valence-corrected chi connectivity index (χ1v) is 9.89. The summed E-state index contributed by atoms with van der Waals surface area (Å²) in [6.45, 7) is 1.78. The van der Waals surface area contributed by atoms with Crippen LogP contribution in [0, 0.1) is 6.92 Å². The van der Waals surface area contributed by atoms with Crippen molar-refractivity contribution in [1.29, 1.82) is 0 Å². The van der Waals surface area contributed by atoms with Crippen LogP contribution >= 0.6 is 15.9 Å². The smallest absolute Gasteiger partial charge is 0.315 e. The molecule has 1 aliphatic rings. The average molecular weight is 449 g/mol. The Morgan fingerprint density at radius 3 is 2.52 bits per heavy atom. The minimum atomic E-state index is -0.368. The first kappa shape index (κ1) is 19.2. The van der Waals surface area contributed by atoms with Gasteiger partial charge in [-0.15, -0.1) is 0 Å². The lowest BCUT2D eigenvalue weighted by atomic mass is 10.1. The van der Waals surface area contributed by atoms with Crippen molar-refractivity contribution in [2.75, 3.05) is 0 Å². The van der Waals surface area contributed by atoms with Gasteiger partial charge in [-0.1, -0.05) is 64.5 Å². The highest BCUT2D eigenvalue weighted by Crippen LogP contribution is 2.39. The highest BCUT2D eigenvalue weighted by Gasteiger charge is 2.30. The van der Waals surface area contributed by atoms with E-state index in [9.17, 15) is 9.59 Å². The highest BCUT2D eigenvalue weighted by atomic mass is 79.9. The quantitative estimate of drug-likeness (QED) is 0.299. The van der Waals surface area contributed by atoms with Crippen LogP contribution in [0.2, 0.25) is 0 Å². The molecule has 29 heavy (non-hydrogen) atoms.